The molecule has 1 N–H and O–H groups in total. The van der Waals surface area contributed by atoms with E-state index < -0.39 is 0 Å². The van der Waals surface area contributed by atoms with Crippen LogP contribution < -0.4 is 5.32 Å². The lowest BCUT2D eigenvalue weighted by atomic mass is 9.81. The highest BCUT2D eigenvalue weighted by atomic mass is 16.5. The average Bonchev–Trinajstić information content (AvgIpc) is 2.31. The number of benzene rings is 1. The molecule has 0 aromatic heterocycles. The predicted molar refractivity (Wildman–Crippen MR) is 82.6 cm³/mol. The van der Waals surface area contributed by atoms with E-state index in [2.05, 4.69) is 65.1 Å². The quantitative estimate of drug-likeness (QED) is 0.866. The summed E-state index contributed by atoms with van der Waals surface area (Å²) in [4.78, 5) is 0. The van der Waals surface area contributed by atoms with Crippen LogP contribution in [0, 0.1) is 19.3 Å². The molecule has 1 rings (SSSR count). The van der Waals surface area contributed by atoms with Crippen molar-refractivity contribution in [3.8, 4) is 0 Å². The Bertz CT molecular complexity index is 406. The van der Waals surface area contributed by atoms with Crippen molar-refractivity contribution in [2.45, 2.75) is 53.7 Å². The largest absolute Gasteiger partial charge is 0.379 e. The molecule has 0 bridgehead atoms. The summed E-state index contributed by atoms with van der Waals surface area (Å²) in [5.74, 6) is 0. The number of rotatable bonds is 5. The molecule has 2 atom stereocenters. The van der Waals surface area contributed by atoms with E-state index in [1.807, 2.05) is 0 Å². The van der Waals surface area contributed by atoms with Gasteiger partial charge in [-0.05, 0) is 42.5 Å². The van der Waals surface area contributed by atoms with Gasteiger partial charge in [0.15, 0.2) is 0 Å². The molecular formula is C17H29NO. The number of nitrogens with one attached hydrogen (secondary N) is 1. The molecule has 0 spiro atoms. The van der Waals surface area contributed by atoms with Gasteiger partial charge in [0.25, 0.3) is 0 Å². The van der Waals surface area contributed by atoms with Crippen molar-refractivity contribution in [2.24, 2.45) is 5.41 Å². The molecule has 0 saturated carbocycles. The van der Waals surface area contributed by atoms with Gasteiger partial charge in [-0.1, -0.05) is 45.9 Å². The molecule has 1 aromatic rings. The molecular weight excluding hydrogens is 234 g/mol. The summed E-state index contributed by atoms with van der Waals surface area (Å²) in [7, 11) is 1.81. The van der Waals surface area contributed by atoms with Crippen LogP contribution in [0.15, 0.2) is 18.2 Å². The molecule has 2 unspecified atom stereocenters. The van der Waals surface area contributed by atoms with Crippen molar-refractivity contribution < 1.29 is 4.74 Å². The second kappa shape index (κ2) is 6.53. The zero-order valence-corrected chi connectivity index (χ0v) is 13.5. The first-order chi connectivity index (χ1) is 8.81. The maximum atomic E-state index is 5.79. The maximum absolute atomic E-state index is 5.79. The van der Waals surface area contributed by atoms with Crippen LogP contribution in [0.4, 0.5) is 0 Å². The SMILES string of the molecule is CCNC(c1ccc(C)c(C)c1)C(OC)C(C)(C)C. The summed E-state index contributed by atoms with van der Waals surface area (Å²) in [6, 6.07) is 6.92. The molecule has 0 radical (unpaired) electrons. The molecule has 2 heteroatoms. The monoisotopic (exact) mass is 263 g/mol. The van der Waals surface area contributed by atoms with Crippen LogP contribution in [0.5, 0.6) is 0 Å². The third-order valence-electron chi connectivity index (χ3n) is 3.72. The molecule has 0 aliphatic heterocycles. The van der Waals surface area contributed by atoms with E-state index in [-0.39, 0.29) is 17.6 Å². The van der Waals surface area contributed by atoms with Crippen molar-refractivity contribution in [3.05, 3.63) is 34.9 Å². The lowest BCUT2D eigenvalue weighted by molar-refractivity contribution is -0.0116. The zero-order chi connectivity index (χ0) is 14.6. The lowest BCUT2D eigenvalue weighted by Gasteiger charge is -2.37. The summed E-state index contributed by atoms with van der Waals surface area (Å²) in [5, 5.41) is 3.58. The molecule has 0 amide bonds. The topological polar surface area (TPSA) is 21.3 Å². The highest BCUT2D eigenvalue weighted by Crippen LogP contribution is 2.33. The van der Waals surface area contributed by atoms with E-state index in [0.29, 0.717) is 0 Å². The molecule has 0 fully saturated rings. The minimum atomic E-state index is 0.0976. The predicted octanol–water partition coefficient (Wildman–Crippen LogP) is 4.02. The Morgan fingerprint density at radius 2 is 1.79 bits per heavy atom. The molecule has 0 saturated heterocycles. The average molecular weight is 263 g/mol. The standard InChI is InChI=1S/C17H29NO/c1-8-18-15(16(19-7)17(4,5)6)14-10-9-12(2)13(3)11-14/h9-11,15-16,18H,8H2,1-7H3. The van der Waals surface area contributed by atoms with Gasteiger partial charge >= 0.3 is 0 Å². The van der Waals surface area contributed by atoms with Crippen LogP contribution in [0.3, 0.4) is 0 Å². The Morgan fingerprint density at radius 1 is 1.16 bits per heavy atom. The highest BCUT2D eigenvalue weighted by molar-refractivity contribution is 5.32. The number of hydrogen-bond acceptors (Lipinski definition) is 2. The normalized spacial score (nSPS) is 15.3. The summed E-state index contributed by atoms with van der Waals surface area (Å²) in [6.45, 7) is 14.1. The first-order valence-electron chi connectivity index (χ1n) is 7.14. The zero-order valence-electron chi connectivity index (χ0n) is 13.5. The Hall–Kier alpha value is -0.860. The van der Waals surface area contributed by atoms with Gasteiger partial charge in [0.1, 0.15) is 0 Å². The number of aryl methyl sites for hydroxylation is 2. The fourth-order valence-corrected chi connectivity index (χ4v) is 2.57. The Balaban J connectivity index is 3.14. The van der Waals surface area contributed by atoms with Gasteiger partial charge < -0.3 is 10.1 Å². The molecule has 0 heterocycles. The van der Waals surface area contributed by atoms with Gasteiger partial charge in [-0.2, -0.15) is 0 Å². The molecule has 19 heavy (non-hydrogen) atoms. The Morgan fingerprint density at radius 3 is 2.21 bits per heavy atom. The van der Waals surface area contributed by atoms with E-state index >= 15 is 0 Å². The Labute approximate surface area is 118 Å². The van der Waals surface area contributed by atoms with E-state index in [1.165, 1.54) is 16.7 Å². The van der Waals surface area contributed by atoms with Crippen LogP contribution in [0.25, 0.3) is 0 Å². The third-order valence-corrected chi connectivity index (χ3v) is 3.72. The number of methoxy groups -OCH3 is 1. The minimum absolute atomic E-state index is 0.0976. The first-order valence-corrected chi connectivity index (χ1v) is 7.14. The van der Waals surface area contributed by atoms with Gasteiger partial charge in [0.2, 0.25) is 0 Å². The van der Waals surface area contributed by atoms with Crippen molar-refractivity contribution in [3.63, 3.8) is 0 Å². The highest BCUT2D eigenvalue weighted by Gasteiger charge is 2.32. The number of ether oxygens (including phenoxy) is 1. The number of likely N-dealkylation sites (N-methyl/N-ethyl adjacent to an activating group) is 1. The van der Waals surface area contributed by atoms with E-state index in [0.717, 1.165) is 6.54 Å². The molecule has 0 aliphatic rings. The van der Waals surface area contributed by atoms with Crippen molar-refractivity contribution >= 4 is 0 Å². The van der Waals surface area contributed by atoms with Gasteiger partial charge in [-0.25, -0.2) is 0 Å². The molecule has 108 valence electrons. The summed E-state index contributed by atoms with van der Waals surface area (Å²) >= 11 is 0. The van der Waals surface area contributed by atoms with Gasteiger partial charge in [-0.3, -0.25) is 0 Å². The molecule has 1 aromatic carbocycles. The number of hydrogen-bond donors (Lipinski definition) is 1. The van der Waals surface area contributed by atoms with Gasteiger partial charge in [-0.15, -0.1) is 0 Å². The maximum Gasteiger partial charge on any atom is 0.0814 e. The van der Waals surface area contributed by atoms with Crippen LogP contribution in [-0.2, 0) is 4.74 Å². The fraction of sp³-hybridized carbons (Fsp3) is 0.647. The second-order valence-corrected chi connectivity index (χ2v) is 6.40. The summed E-state index contributed by atoms with van der Waals surface area (Å²) in [5.41, 5.74) is 4.08. The fourth-order valence-electron chi connectivity index (χ4n) is 2.57. The van der Waals surface area contributed by atoms with Crippen LogP contribution in [0.1, 0.15) is 50.4 Å². The van der Waals surface area contributed by atoms with Crippen LogP contribution in [0.2, 0.25) is 0 Å². The third kappa shape index (κ3) is 4.05. The summed E-state index contributed by atoms with van der Waals surface area (Å²) in [6.07, 6.45) is 0.148. The smallest absolute Gasteiger partial charge is 0.0814 e. The van der Waals surface area contributed by atoms with Crippen LogP contribution >= 0.6 is 0 Å². The van der Waals surface area contributed by atoms with E-state index in [1.54, 1.807) is 7.11 Å². The van der Waals surface area contributed by atoms with Gasteiger partial charge in [0, 0.05) is 7.11 Å². The van der Waals surface area contributed by atoms with Gasteiger partial charge in [0.05, 0.1) is 12.1 Å². The van der Waals surface area contributed by atoms with E-state index in [9.17, 15) is 0 Å². The van der Waals surface area contributed by atoms with Crippen LogP contribution in [-0.4, -0.2) is 19.8 Å². The lowest BCUT2D eigenvalue weighted by Crippen LogP contribution is -2.41. The van der Waals surface area contributed by atoms with Crippen molar-refractivity contribution in [2.75, 3.05) is 13.7 Å². The first kappa shape index (κ1) is 16.2. The minimum Gasteiger partial charge on any atom is -0.379 e. The summed E-state index contributed by atoms with van der Waals surface area (Å²) < 4.78 is 5.79. The van der Waals surface area contributed by atoms with Crippen molar-refractivity contribution in [1.29, 1.82) is 0 Å². The Kier molecular flexibility index (Phi) is 5.57. The van der Waals surface area contributed by atoms with E-state index in [4.69, 9.17) is 4.74 Å². The van der Waals surface area contributed by atoms with Crippen molar-refractivity contribution in [1.82, 2.24) is 5.32 Å². The molecule has 0 aliphatic carbocycles. The molecule has 2 nitrogen and oxygen atoms in total. The second-order valence-electron chi connectivity index (χ2n) is 6.40.